The lowest BCUT2D eigenvalue weighted by atomic mass is 10.1. The molecule has 0 bridgehead atoms. The van der Waals surface area contributed by atoms with Crippen molar-refractivity contribution in [3.63, 3.8) is 0 Å². The van der Waals surface area contributed by atoms with E-state index in [1.54, 1.807) is 31.2 Å². The van der Waals surface area contributed by atoms with E-state index in [4.69, 9.17) is 23.2 Å². The zero-order chi connectivity index (χ0) is 22.4. The van der Waals surface area contributed by atoms with E-state index in [1.807, 2.05) is 13.8 Å². The molecule has 1 atom stereocenters. The van der Waals surface area contributed by atoms with Gasteiger partial charge in [0.2, 0.25) is 11.8 Å². The number of nitrogens with zero attached hydrogens (tertiary/aromatic N) is 2. The third kappa shape index (κ3) is 5.93. The monoisotopic (exact) mass is 451 g/mol. The number of nitro groups is 1. The van der Waals surface area contributed by atoms with Gasteiger partial charge in [0.1, 0.15) is 6.04 Å². The van der Waals surface area contributed by atoms with Crippen LogP contribution in [-0.4, -0.2) is 33.7 Å². The molecule has 2 aromatic rings. The molecule has 0 aliphatic rings. The Morgan fingerprint density at radius 1 is 1.07 bits per heavy atom. The first-order valence-electron chi connectivity index (χ1n) is 9.36. The third-order valence-electron chi connectivity index (χ3n) is 4.52. The Balaban J connectivity index is 2.38. The molecule has 0 saturated heterocycles. The molecule has 0 aromatic heterocycles. The number of benzene rings is 2. The minimum Gasteiger partial charge on any atom is -0.352 e. The molecule has 2 aromatic carbocycles. The van der Waals surface area contributed by atoms with Crippen molar-refractivity contribution in [2.45, 2.75) is 45.8 Å². The molecule has 0 unspecified atom stereocenters. The fraction of sp³-hybridized carbons (Fsp3) is 0.333. The Kier molecular flexibility index (Phi) is 8.20. The molecular formula is C21H23Cl2N3O4. The fourth-order valence-electron chi connectivity index (χ4n) is 2.94. The predicted octanol–water partition coefficient (Wildman–Crippen LogP) is 4.39. The number of carbonyl (C=O) groups is 2. The average molecular weight is 452 g/mol. The summed E-state index contributed by atoms with van der Waals surface area (Å²) in [5.41, 5.74) is 0.612. The zero-order valence-electron chi connectivity index (χ0n) is 16.9. The summed E-state index contributed by atoms with van der Waals surface area (Å²) < 4.78 is 0. The number of hydrogen-bond acceptors (Lipinski definition) is 4. The molecular weight excluding hydrogens is 429 g/mol. The summed E-state index contributed by atoms with van der Waals surface area (Å²) in [5, 5.41) is 14.8. The van der Waals surface area contributed by atoms with Gasteiger partial charge in [0.05, 0.1) is 11.3 Å². The highest BCUT2D eigenvalue weighted by atomic mass is 35.5. The van der Waals surface area contributed by atoms with Crippen LogP contribution >= 0.6 is 23.2 Å². The van der Waals surface area contributed by atoms with Gasteiger partial charge >= 0.3 is 0 Å². The van der Waals surface area contributed by atoms with E-state index in [2.05, 4.69) is 5.32 Å². The number of halogens is 2. The van der Waals surface area contributed by atoms with Crippen LogP contribution in [-0.2, 0) is 22.6 Å². The highest BCUT2D eigenvalue weighted by molar-refractivity contribution is 6.36. The molecule has 2 rings (SSSR count). The van der Waals surface area contributed by atoms with Crippen molar-refractivity contribution in [3.05, 3.63) is 73.8 Å². The van der Waals surface area contributed by atoms with Gasteiger partial charge in [-0.25, -0.2) is 0 Å². The van der Waals surface area contributed by atoms with Crippen LogP contribution in [0.25, 0.3) is 0 Å². The maximum atomic E-state index is 13.2. The van der Waals surface area contributed by atoms with Crippen molar-refractivity contribution in [2.75, 3.05) is 0 Å². The van der Waals surface area contributed by atoms with Crippen LogP contribution in [0.1, 0.15) is 31.9 Å². The lowest BCUT2D eigenvalue weighted by molar-refractivity contribution is -0.385. The first kappa shape index (κ1) is 23.6. The lowest BCUT2D eigenvalue weighted by Gasteiger charge is -2.30. The van der Waals surface area contributed by atoms with E-state index < -0.39 is 16.9 Å². The van der Waals surface area contributed by atoms with Crippen molar-refractivity contribution in [1.29, 1.82) is 0 Å². The van der Waals surface area contributed by atoms with Gasteiger partial charge in [0.25, 0.3) is 5.69 Å². The van der Waals surface area contributed by atoms with Gasteiger partial charge < -0.3 is 10.2 Å². The number of carbonyl (C=O) groups excluding carboxylic acids is 2. The van der Waals surface area contributed by atoms with E-state index in [-0.39, 0.29) is 36.2 Å². The molecule has 7 nitrogen and oxygen atoms in total. The fourth-order valence-corrected chi connectivity index (χ4v) is 3.46. The Labute approximate surface area is 185 Å². The van der Waals surface area contributed by atoms with Crippen LogP contribution < -0.4 is 5.32 Å². The lowest BCUT2D eigenvalue weighted by Crippen LogP contribution is -2.49. The number of para-hydroxylation sites is 1. The predicted molar refractivity (Wildman–Crippen MR) is 117 cm³/mol. The van der Waals surface area contributed by atoms with E-state index in [9.17, 15) is 19.7 Å². The molecule has 9 heteroatoms. The van der Waals surface area contributed by atoms with Crippen LogP contribution in [0, 0.1) is 10.1 Å². The molecule has 0 aliphatic heterocycles. The van der Waals surface area contributed by atoms with Gasteiger partial charge in [-0.2, -0.15) is 0 Å². The standard InChI is InChI=1S/C21H23Cl2N3O4/c1-13(2)24-21(28)14(3)25(12-16-17(22)8-6-9-18(16)23)20(27)11-15-7-4-5-10-19(15)26(29)30/h4-10,13-14H,11-12H2,1-3H3,(H,24,28)/t14-/m1/s1. The summed E-state index contributed by atoms with van der Waals surface area (Å²) >= 11 is 12.5. The maximum Gasteiger partial charge on any atom is 0.273 e. The van der Waals surface area contributed by atoms with Crippen molar-refractivity contribution in [3.8, 4) is 0 Å². The Hall–Kier alpha value is -2.64. The molecule has 0 saturated carbocycles. The number of nitro benzene ring substituents is 1. The Morgan fingerprint density at radius 3 is 2.23 bits per heavy atom. The molecule has 30 heavy (non-hydrogen) atoms. The summed E-state index contributed by atoms with van der Waals surface area (Å²) in [6.45, 7) is 5.22. The summed E-state index contributed by atoms with van der Waals surface area (Å²) in [4.78, 5) is 37.9. The van der Waals surface area contributed by atoms with E-state index in [0.717, 1.165) is 0 Å². The molecule has 0 radical (unpaired) electrons. The minimum atomic E-state index is -0.838. The van der Waals surface area contributed by atoms with Crippen molar-refractivity contribution in [2.24, 2.45) is 0 Å². The van der Waals surface area contributed by atoms with E-state index >= 15 is 0 Å². The number of nitrogens with one attached hydrogen (secondary N) is 1. The average Bonchev–Trinajstić information content (AvgIpc) is 2.67. The Bertz CT molecular complexity index is 929. The van der Waals surface area contributed by atoms with Crippen LogP contribution in [0.4, 0.5) is 5.69 Å². The Morgan fingerprint density at radius 2 is 1.67 bits per heavy atom. The van der Waals surface area contributed by atoms with Crippen LogP contribution in [0.15, 0.2) is 42.5 Å². The van der Waals surface area contributed by atoms with Crippen LogP contribution in [0.3, 0.4) is 0 Å². The van der Waals surface area contributed by atoms with E-state index in [0.29, 0.717) is 15.6 Å². The normalized spacial score (nSPS) is 11.8. The number of amides is 2. The number of rotatable bonds is 8. The van der Waals surface area contributed by atoms with Gasteiger partial charge in [0, 0.05) is 39.8 Å². The van der Waals surface area contributed by atoms with Crippen molar-refractivity contribution in [1.82, 2.24) is 10.2 Å². The second-order valence-electron chi connectivity index (χ2n) is 7.12. The molecule has 0 spiro atoms. The van der Waals surface area contributed by atoms with Gasteiger partial charge in [0.15, 0.2) is 0 Å². The smallest absolute Gasteiger partial charge is 0.273 e. The summed E-state index contributed by atoms with van der Waals surface area (Å²) in [6, 6.07) is 10.0. The SMILES string of the molecule is CC(C)NC(=O)[C@@H](C)N(Cc1c(Cl)cccc1Cl)C(=O)Cc1ccccc1[N+](=O)[O-]. The molecule has 0 heterocycles. The molecule has 2 amide bonds. The third-order valence-corrected chi connectivity index (χ3v) is 5.23. The first-order valence-corrected chi connectivity index (χ1v) is 10.1. The van der Waals surface area contributed by atoms with Crippen LogP contribution in [0.2, 0.25) is 10.0 Å². The zero-order valence-corrected chi connectivity index (χ0v) is 18.4. The quantitative estimate of drug-likeness (QED) is 0.475. The summed E-state index contributed by atoms with van der Waals surface area (Å²) in [6.07, 6.45) is -0.238. The minimum absolute atomic E-state index is 0.00927. The molecule has 1 N–H and O–H groups in total. The number of hydrogen-bond donors (Lipinski definition) is 1. The van der Waals surface area contributed by atoms with Gasteiger partial charge in [-0.15, -0.1) is 0 Å². The second kappa shape index (κ2) is 10.4. The maximum absolute atomic E-state index is 13.2. The molecule has 0 fully saturated rings. The molecule has 0 aliphatic carbocycles. The summed E-state index contributed by atoms with van der Waals surface area (Å²) in [5.74, 6) is -0.796. The first-order chi connectivity index (χ1) is 14.1. The highest BCUT2D eigenvalue weighted by Crippen LogP contribution is 2.27. The van der Waals surface area contributed by atoms with Crippen molar-refractivity contribution >= 4 is 40.7 Å². The van der Waals surface area contributed by atoms with E-state index in [1.165, 1.54) is 23.1 Å². The van der Waals surface area contributed by atoms with Gasteiger partial charge in [-0.05, 0) is 32.9 Å². The second-order valence-corrected chi connectivity index (χ2v) is 7.94. The molecule has 160 valence electrons. The topological polar surface area (TPSA) is 92.6 Å². The summed E-state index contributed by atoms with van der Waals surface area (Å²) in [7, 11) is 0. The largest absolute Gasteiger partial charge is 0.352 e. The van der Waals surface area contributed by atoms with Crippen molar-refractivity contribution < 1.29 is 14.5 Å². The van der Waals surface area contributed by atoms with Crippen LogP contribution in [0.5, 0.6) is 0 Å². The van der Waals surface area contributed by atoms with Gasteiger partial charge in [-0.1, -0.05) is 47.5 Å². The van der Waals surface area contributed by atoms with Gasteiger partial charge in [-0.3, -0.25) is 19.7 Å². The highest BCUT2D eigenvalue weighted by Gasteiger charge is 2.29.